The number of benzene rings is 4. The first-order chi connectivity index (χ1) is 25.3. The minimum Gasteiger partial charge on any atom is -0.480 e. The molecule has 0 bridgehead atoms. The Morgan fingerprint density at radius 1 is 0.731 bits per heavy atom. The monoisotopic (exact) mass is 711 g/mol. The van der Waals surface area contributed by atoms with Gasteiger partial charge in [0.1, 0.15) is 12.4 Å². The number of rotatable bonds is 8. The summed E-state index contributed by atoms with van der Waals surface area (Å²) in [6.45, 7) is 1.11. The molecule has 3 heterocycles. The maximum Gasteiger partial charge on any atom is 0.322 e. The Kier molecular flexibility index (Phi) is 9.19. The van der Waals surface area contributed by atoms with Gasteiger partial charge in [0.25, 0.3) is 11.8 Å². The van der Waals surface area contributed by atoms with Crippen molar-refractivity contribution in [2.45, 2.75) is 51.0 Å². The smallest absolute Gasteiger partial charge is 0.322 e. The lowest BCUT2D eigenvalue weighted by Gasteiger charge is -2.25. The Balaban J connectivity index is 1.19. The number of aliphatic carboxylic acids is 1. The molecule has 1 saturated carbocycles. The lowest BCUT2D eigenvalue weighted by molar-refractivity contribution is -0.135. The van der Waals surface area contributed by atoms with Crippen molar-refractivity contribution in [3.63, 3.8) is 0 Å². The third kappa shape index (κ3) is 6.64. The molecule has 1 saturated heterocycles. The summed E-state index contributed by atoms with van der Waals surface area (Å²) in [5.74, 6) is -0.676. The van der Waals surface area contributed by atoms with Crippen LogP contribution in [0, 0.1) is 0 Å². The van der Waals surface area contributed by atoms with Gasteiger partial charge in [0.2, 0.25) is 0 Å². The maximum atomic E-state index is 13.5. The number of carboxylic acids is 1. The fourth-order valence-corrected chi connectivity index (χ4v) is 7.82. The molecule has 0 radical (unpaired) electrons. The molecule has 8 rings (SSSR count). The van der Waals surface area contributed by atoms with Gasteiger partial charge < -0.3 is 19.9 Å². The quantitative estimate of drug-likeness (QED) is 0.163. The van der Waals surface area contributed by atoms with Gasteiger partial charge in [-0.3, -0.25) is 14.4 Å². The van der Waals surface area contributed by atoms with E-state index in [-0.39, 0.29) is 11.9 Å². The molecule has 2 aromatic heterocycles. The van der Waals surface area contributed by atoms with E-state index < -0.39 is 18.4 Å². The van der Waals surface area contributed by atoms with E-state index in [0.717, 1.165) is 102 Å². The van der Waals surface area contributed by atoms with Gasteiger partial charge in [0, 0.05) is 51.8 Å². The molecule has 1 aliphatic carbocycles. The molecule has 262 valence electrons. The molecule has 2 N–H and O–H groups in total. The van der Waals surface area contributed by atoms with Gasteiger partial charge >= 0.3 is 5.97 Å². The van der Waals surface area contributed by atoms with Crippen molar-refractivity contribution >= 4 is 51.3 Å². The van der Waals surface area contributed by atoms with Crippen molar-refractivity contribution in [3.8, 4) is 33.8 Å². The fraction of sp³-hybridized carbons (Fsp3) is 0.262. The number of hydrogen-bond acceptors (Lipinski definition) is 5. The second-order valence-electron chi connectivity index (χ2n) is 13.7. The van der Waals surface area contributed by atoms with E-state index in [4.69, 9.17) is 26.7 Å². The van der Waals surface area contributed by atoms with Crippen LogP contribution < -0.4 is 5.32 Å². The second kappa shape index (κ2) is 14.2. The van der Waals surface area contributed by atoms with Crippen molar-refractivity contribution < 1.29 is 19.5 Å². The van der Waals surface area contributed by atoms with Gasteiger partial charge in [-0.15, -0.1) is 0 Å². The van der Waals surface area contributed by atoms with Crippen LogP contribution in [-0.4, -0.2) is 62.0 Å². The number of halogens is 1. The molecule has 9 nitrogen and oxygen atoms in total. The minimum absolute atomic E-state index is 0.0423. The molecule has 10 heteroatoms. The number of nitrogens with one attached hydrogen (secondary N) is 1. The van der Waals surface area contributed by atoms with Crippen LogP contribution >= 0.6 is 11.6 Å². The Bertz CT molecular complexity index is 2340. The number of carbonyl (C=O) groups is 3. The van der Waals surface area contributed by atoms with Crippen molar-refractivity contribution in [1.82, 2.24) is 24.8 Å². The van der Waals surface area contributed by atoms with Crippen LogP contribution in [0.1, 0.15) is 71.7 Å². The van der Waals surface area contributed by atoms with Gasteiger partial charge in [0.15, 0.2) is 0 Å². The Hall–Kier alpha value is -5.54. The Morgan fingerprint density at radius 2 is 1.48 bits per heavy atom. The lowest BCUT2D eigenvalue weighted by Crippen LogP contribution is -2.29. The summed E-state index contributed by atoms with van der Waals surface area (Å²) in [5, 5.41) is 13.1. The van der Waals surface area contributed by atoms with Crippen LogP contribution in [0.3, 0.4) is 0 Å². The average Bonchev–Trinajstić information content (AvgIpc) is 3.86. The number of amides is 2. The molecule has 2 amide bonds. The number of aromatic nitrogens is 3. The predicted octanol–water partition coefficient (Wildman–Crippen LogP) is 8.79. The van der Waals surface area contributed by atoms with E-state index in [1.807, 2.05) is 71.6 Å². The summed E-state index contributed by atoms with van der Waals surface area (Å²) in [5.41, 5.74) is 8.02. The molecular weight excluding hydrogens is 674 g/mol. The first-order valence-corrected chi connectivity index (χ1v) is 18.3. The third-order valence-electron chi connectivity index (χ3n) is 10.3. The van der Waals surface area contributed by atoms with Gasteiger partial charge in [0.05, 0.1) is 22.2 Å². The number of carboxylic acid groups (broad SMARTS) is 1. The van der Waals surface area contributed by atoms with Crippen molar-refractivity contribution in [2.24, 2.45) is 0 Å². The summed E-state index contributed by atoms with van der Waals surface area (Å²) in [7, 11) is 0. The van der Waals surface area contributed by atoms with E-state index in [0.29, 0.717) is 21.7 Å². The zero-order valence-electron chi connectivity index (χ0n) is 28.6. The number of carbonyl (C=O) groups excluding carboxylic acids is 2. The van der Waals surface area contributed by atoms with E-state index >= 15 is 0 Å². The highest BCUT2D eigenvalue weighted by atomic mass is 35.5. The van der Waals surface area contributed by atoms with Crippen LogP contribution in [0.2, 0.25) is 5.02 Å². The largest absolute Gasteiger partial charge is 0.480 e. The summed E-state index contributed by atoms with van der Waals surface area (Å²) in [6, 6.07) is 29.5. The van der Waals surface area contributed by atoms with Crippen molar-refractivity contribution in [1.29, 1.82) is 0 Å². The number of fused-ring (bicyclic) bond motifs is 2. The molecule has 2 aliphatic rings. The number of likely N-dealkylation sites (tertiary alicyclic amines) is 1. The number of hydrogen-bond donors (Lipinski definition) is 2. The molecule has 52 heavy (non-hydrogen) atoms. The van der Waals surface area contributed by atoms with Gasteiger partial charge in [-0.05, 0) is 104 Å². The fourth-order valence-electron chi connectivity index (χ4n) is 7.70. The third-order valence-corrected chi connectivity index (χ3v) is 10.6. The van der Waals surface area contributed by atoms with E-state index in [2.05, 4.69) is 22.0 Å². The second-order valence-corrected chi connectivity index (χ2v) is 14.2. The molecular formula is C42H38ClN5O4. The van der Waals surface area contributed by atoms with Gasteiger partial charge in [-0.2, -0.15) is 0 Å². The van der Waals surface area contributed by atoms with Crippen molar-refractivity contribution in [2.75, 3.05) is 19.6 Å². The maximum absolute atomic E-state index is 13.5. The summed E-state index contributed by atoms with van der Waals surface area (Å²) >= 11 is 6.23. The molecule has 4 aromatic carbocycles. The Morgan fingerprint density at radius 3 is 2.25 bits per heavy atom. The van der Waals surface area contributed by atoms with Crippen LogP contribution in [0.15, 0.2) is 91.0 Å². The topological polar surface area (TPSA) is 117 Å². The van der Waals surface area contributed by atoms with Gasteiger partial charge in [-0.25, -0.2) is 9.97 Å². The number of pyridine rings is 1. The summed E-state index contributed by atoms with van der Waals surface area (Å²) in [4.78, 5) is 49.3. The van der Waals surface area contributed by atoms with Crippen molar-refractivity contribution in [3.05, 3.63) is 107 Å². The van der Waals surface area contributed by atoms with E-state index in [1.54, 1.807) is 12.1 Å². The van der Waals surface area contributed by atoms with E-state index in [1.165, 1.54) is 6.42 Å². The zero-order valence-corrected chi connectivity index (χ0v) is 29.4. The van der Waals surface area contributed by atoms with Crippen LogP contribution in [-0.2, 0) is 4.79 Å². The van der Waals surface area contributed by atoms with Crippen LogP contribution in [0.5, 0.6) is 0 Å². The van der Waals surface area contributed by atoms with E-state index in [9.17, 15) is 14.4 Å². The molecule has 0 atom stereocenters. The Labute approximate surface area is 306 Å². The predicted molar refractivity (Wildman–Crippen MR) is 204 cm³/mol. The zero-order chi connectivity index (χ0) is 35.8. The molecule has 2 fully saturated rings. The molecule has 6 aromatic rings. The highest BCUT2D eigenvalue weighted by molar-refractivity contribution is 6.30. The summed E-state index contributed by atoms with van der Waals surface area (Å²) < 4.78 is 2.32. The average molecular weight is 712 g/mol. The van der Waals surface area contributed by atoms with Crippen LogP contribution in [0.4, 0.5) is 0 Å². The highest BCUT2D eigenvalue weighted by Crippen LogP contribution is 2.38. The SMILES string of the molecule is O=C(O)CNC(=O)c1ccc2c(c1)nc(-c1ccc3nc(-c4cc(C(=O)N5CCCC5)ccc4-c4ccc(Cl)cc4)ccc3c1)n2C1CCCCC1. The number of imidazole rings is 1. The molecule has 1 aliphatic heterocycles. The standard InChI is InChI=1S/C42H38ClN5O4/c43-31-14-8-26(9-15-31)33-16-10-30(42(52)47-20-4-5-21-47)23-34(33)36-18-11-27-22-28(12-17-35(27)45-36)40-46-37-24-29(41(51)44-25-39(49)50)13-19-38(37)48(40)32-6-2-1-3-7-32/h8-19,22-24,32H,1-7,20-21,25H2,(H,44,51)(H,49,50). The first kappa shape index (κ1) is 33.6. The lowest BCUT2D eigenvalue weighted by atomic mass is 9.94. The normalized spacial score (nSPS) is 15.0. The number of nitrogens with zero attached hydrogens (tertiary/aromatic N) is 4. The summed E-state index contributed by atoms with van der Waals surface area (Å²) in [6.07, 6.45) is 7.66. The van der Waals surface area contributed by atoms with Gasteiger partial charge in [-0.1, -0.05) is 55.1 Å². The molecule has 0 unspecified atom stereocenters. The van der Waals surface area contributed by atoms with Crippen LogP contribution in [0.25, 0.3) is 55.7 Å². The highest BCUT2D eigenvalue weighted by Gasteiger charge is 2.24. The molecule has 0 spiro atoms. The minimum atomic E-state index is -1.10. The first-order valence-electron chi connectivity index (χ1n) is 18.0.